The average molecular weight is 378 g/mol. The second-order valence-corrected chi connectivity index (χ2v) is 7.50. The minimum absolute atomic E-state index is 0.176. The Hall–Kier alpha value is -1.26. The molecule has 0 unspecified atom stereocenters. The molecule has 0 N–H and O–H groups in total. The molecule has 0 saturated heterocycles. The fourth-order valence-corrected chi connectivity index (χ4v) is 2.82. The number of thioether (sulfide) groups is 1. The molecule has 2 aromatic rings. The van der Waals surface area contributed by atoms with Gasteiger partial charge in [0.25, 0.3) is 5.56 Å². The number of hydrogen-bond acceptors (Lipinski definition) is 3. The zero-order valence-corrected chi connectivity index (χ0v) is 14.9. The zero-order chi connectivity index (χ0) is 29.1. The van der Waals surface area contributed by atoms with Crippen molar-refractivity contribution in [3.05, 3.63) is 56.9 Å². The Kier molecular flexibility index (Phi) is 2.30. The van der Waals surface area contributed by atoms with Crippen molar-refractivity contribution in [3.8, 4) is 0 Å². The summed E-state index contributed by atoms with van der Waals surface area (Å²) in [5, 5.41) is 3.89. The summed E-state index contributed by atoms with van der Waals surface area (Å²) in [6.07, 6.45) is 1.30. The Morgan fingerprint density at radius 2 is 1.88 bits per heavy atom. The van der Waals surface area contributed by atoms with E-state index in [1.807, 2.05) is 0 Å². The first kappa shape index (κ1) is 7.96. The summed E-state index contributed by atoms with van der Waals surface area (Å²) in [7, 11) is 0. The van der Waals surface area contributed by atoms with Crippen LogP contribution < -0.4 is 5.56 Å². The molecule has 0 spiro atoms. The van der Waals surface area contributed by atoms with Crippen molar-refractivity contribution in [1.29, 1.82) is 0 Å². The molecule has 0 atom stereocenters. The van der Waals surface area contributed by atoms with Gasteiger partial charge in [-0.05, 0) is 37.3 Å². The van der Waals surface area contributed by atoms with Gasteiger partial charge >= 0.3 is 0 Å². The Morgan fingerprint density at radius 3 is 2.42 bits per heavy atom. The van der Waals surface area contributed by atoms with E-state index in [-0.39, 0.29) is 21.2 Å². The van der Waals surface area contributed by atoms with Crippen molar-refractivity contribution in [3.63, 3.8) is 0 Å². The van der Waals surface area contributed by atoms with Crippen molar-refractivity contribution in [2.75, 3.05) is 0 Å². The first-order valence-electron chi connectivity index (χ1n) is 13.4. The highest BCUT2D eigenvalue weighted by molar-refractivity contribution is 7.98. The highest BCUT2D eigenvalue weighted by Gasteiger charge is 2.19. The molecule has 130 valence electrons. The third-order valence-corrected chi connectivity index (χ3v) is 4.48. The number of rotatable bonds is 3. The van der Waals surface area contributed by atoms with Crippen LogP contribution in [-0.4, -0.2) is 9.78 Å². The summed E-state index contributed by atoms with van der Waals surface area (Å²) in [4.78, 5) is 12.8. The summed E-state index contributed by atoms with van der Waals surface area (Å²) >= 11 is 7.06. The number of benzene rings is 1. The molecular weight excluding hydrogens is 340 g/mol. The Balaban J connectivity index is 2.75. The summed E-state index contributed by atoms with van der Waals surface area (Å²) in [5.74, 6) is -0.293. The summed E-state index contributed by atoms with van der Waals surface area (Å²) in [6.45, 7) is -6.02. The van der Waals surface area contributed by atoms with Crippen LogP contribution in [0.3, 0.4) is 0 Å². The number of halogens is 1. The van der Waals surface area contributed by atoms with Gasteiger partial charge in [-0.15, -0.1) is 11.8 Å². The molecule has 24 heavy (non-hydrogen) atoms. The fourth-order valence-electron chi connectivity index (χ4n) is 1.74. The Bertz CT molecular complexity index is 1190. The number of nitrogens with zero attached hydrogens (tertiary/aromatic N) is 2. The van der Waals surface area contributed by atoms with Gasteiger partial charge in [-0.25, -0.2) is 4.68 Å². The second kappa shape index (κ2) is 6.93. The van der Waals surface area contributed by atoms with E-state index in [0.29, 0.717) is 0 Å². The predicted molar refractivity (Wildman–Crippen MR) is 103 cm³/mol. The molecule has 0 bridgehead atoms. The summed E-state index contributed by atoms with van der Waals surface area (Å²) in [6, 6.07) is -3.80. The van der Waals surface area contributed by atoms with Crippen LogP contribution in [0.4, 0.5) is 0 Å². The van der Waals surface area contributed by atoms with E-state index in [4.69, 9.17) is 29.4 Å². The van der Waals surface area contributed by atoms with Gasteiger partial charge in [0, 0.05) is 18.1 Å². The molecule has 2 rings (SSSR count). The van der Waals surface area contributed by atoms with E-state index in [1.54, 1.807) is 20.8 Å². The maximum absolute atomic E-state index is 12.6. The topological polar surface area (TPSA) is 34.9 Å². The molecule has 0 aliphatic heterocycles. The van der Waals surface area contributed by atoms with E-state index in [1.165, 1.54) is 10.9 Å². The largest absolute Gasteiger partial charge is 0.287 e. The molecular formula is C19H25ClN2OS. The molecule has 0 aliphatic rings. The predicted octanol–water partition coefficient (Wildman–Crippen LogP) is 5.24. The lowest BCUT2D eigenvalue weighted by Crippen LogP contribution is -2.36. The lowest BCUT2D eigenvalue weighted by molar-refractivity contribution is 0.336. The van der Waals surface area contributed by atoms with Gasteiger partial charge in [0.05, 0.1) is 22.1 Å². The van der Waals surface area contributed by atoms with Crippen LogP contribution in [0, 0.1) is 0 Å². The average Bonchev–Trinajstić information content (AvgIpc) is 2.68. The van der Waals surface area contributed by atoms with Crippen LogP contribution in [0.15, 0.2) is 40.1 Å². The van der Waals surface area contributed by atoms with Crippen LogP contribution >= 0.6 is 23.4 Å². The molecule has 0 saturated carbocycles. The van der Waals surface area contributed by atoms with Crippen molar-refractivity contribution in [2.24, 2.45) is 0 Å². The smallest absolute Gasteiger partial charge is 0.266 e. The van der Waals surface area contributed by atoms with Gasteiger partial charge in [-0.1, -0.05) is 56.3 Å². The molecule has 1 aromatic heterocycles. The second-order valence-electron chi connectivity index (χ2n) is 6.10. The minimum Gasteiger partial charge on any atom is -0.266 e. The van der Waals surface area contributed by atoms with Crippen molar-refractivity contribution < 1.29 is 17.8 Å². The SMILES string of the molecule is [2H]c1c([2H])c(C(C([2H])([2H])[2H])(C([2H])([2H])[2H])C([2H])([2H])[2H])c([2H])c([2H])c1CSc1cnn(C(C)(C)C)c(=O)c1Cl. The van der Waals surface area contributed by atoms with Crippen LogP contribution in [0.2, 0.25) is 5.02 Å². The van der Waals surface area contributed by atoms with Gasteiger partial charge in [0.2, 0.25) is 0 Å². The molecule has 0 radical (unpaired) electrons. The first-order valence-corrected chi connectivity index (χ1v) is 8.30. The van der Waals surface area contributed by atoms with Crippen molar-refractivity contribution >= 4 is 23.4 Å². The lowest BCUT2D eigenvalue weighted by Gasteiger charge is -2.21. The van der Waals surface area contributed by atoms with Crippen molar-refractivity contribution in [2.45, 2.75) is 62.9 Å². The molecule has 0 amide bonds. The summed E-state index contributed by atoms with van der Waals surface area (Å²) < 4.78 is 105. The van der Waals surface area contributed by atoms with E-state index >= 15 is 0 Å². The van der Waals surface area contributed by atoms with E-state index < -0.39 is 66.8 Å². The molecule has 3 nitrogen and oxygen atoms in total. The zero-order valence-electron chi connectivity index (χ0n) is 26.4. The van der Waals surface area contributed by atoms with Gasteiger partial charge in [0.1, 0.15) is 5.02 Å². The Labute approximate surface area is 171 Å². The molecule has 0 fully saturated rings. The molecule has 1 aromatic carbocycles. The standard InChI is InChI=1S/C19H25ClN2OS/c1-18(2,3)14-9-7-13(8-10-14)12-24-15-11-21-22(19(4,5)6)17(23)16(15)20/h7-11H,12H2,1-6H3/i1D3,2D3,3D3,7D,8D,9D,10D. The van der Waals surface area contributed by atoms with Crippen molar-refractivity contribution in [1.82, 2.24) is 9.78 Å². The van der Waals surface area contributed by atoms with E-state index in [9.17, 15) is 4.79 Å². The van der Waals surface area contributed by atoms with E-state index in [2.05, 4.69) is 5.10 Å². The maximum Gasteiger partial charge on any atom is 0.287 e. The van der Waals surface area contributed by atoms with Crippen LogP contribution in [0.1, 0.15) is 70.3 Å². The van der Waals surface area contributed by atoms with Gasteiger partial charge < -0.3 is 0 Å². The quantitative estimate of drug-likeness (QED) is 0.686. The van der Waals surface area contributed by atoms with Gasteiger partial charge in [-0.2, -0.15) is 5.10 Å². The maximum atomic E-state index is 12.6. The molecule has 5 heteroatoms. The minimum atomic E-state index is -3.75. The number of hydrogen-bond donors (Lipinski definition) is 0. The monoisotopic (exact) mass is 377 g/mol. The van der Waals surface area contributed by atoms with Crippen LogP contribution in [-0.2, 0) is 16.7 Å². The molecule has 1 heterocycles. The highest BCUT2D eigenvalue weighted by Crippen LogP contribution is 2.29. The van der Waals surface area contributed by atoms with Gasteiger partial charge in [-0.3, -0.25) is 4.79 Å². The fraction of sp³-hybridized carbons (Fsp3) is 0.474. The van der Waals surface area contributed by atoms with Crippen LogP contribution in [0.5, 0.6) is 0 Å². The number of aromatic nitrogens is 2. The third kappa shape index (κ3) is 4.42. The summed E-state index contributed by atoms with van der Waals surface area (Å²) in [5.41, 5.74) is -6.45. The van der Waals surface area contributed by atoms with Gasteiger partial charge in [0.15, 0.2) is 0 Å². The normalized spacial score (nSPS) is 21.9. The van der Waals surface area contributed by atoms with E-state index in [0.717, 1.165) is 11.8 Å². The van der Waals surface area contributed by atoms with Crippen LogP contribution in [0.25, 0.3) is 0 Å². The Morgan fingerprint density at radius 1 is 1.25 bits per heavy atom. The first-order chi connectivity index (χ1) is 16.4. The lowest BCUT2D eigenvalue weighted by atomic mass is 9.87. The molecule has 0 aliphatic carbocycles. The highest BCUT2D eigenvalue weighted by atomic mass is 35.5. The third-order valence-electron chi connectivity index (χ3n) is 2.95.